The van der Waals surface area contributed by atoms with Gasteiger partial charge in [-0.2, -0.15) is 0 Å². The molecule has 6 heteroatoms. The number of carbonyl (C=O) groups is 2. The fraction of sp³-hybridized carbons (Fsp3) is 0.381. The maximum absolute atomic E-state index is 12.5. The Kier molecular flexibility index (Phi) is 6.45. The molecule has 2 amide bonds. The number of halogens is 1. The lowest BCUT2D eigenvalue weighted by atomic mass is 10.1. The SMILES string of the molecule is Cc1ccc(NC(=O)c2cncc(C(=O)NC3CCCCCC3)c2)cc1Cl. The second kappa shape index (κ2) is 9.00. The predicted molar refractivity (Wildman–Crippen MR) is 107 cm³/mol. The minimum Gasteiger partial charge on any atom is -0.349 e. The van der Waals surface area contributed by atoms with E-state index in [9.17, 15) is 9.59 Å². The fourth-order valence-electron chi connectivity index (χ4n) is 3.25. The van der Waals surface area contributed by atoms with Gasteiger partial charge in [-0.05, 0) is 43.5 Å². The van der Waals surface area contributed by atoms with Gasteiger partial charge in [-0.15, -0.1) is 0 Å². The van der Waals surface area contributed by atoms with Crippen LogP contribution in [0.25, 0.3) is 0 Å². The molecule has 1 aliphatic carbocycles. The third kappa shape index (κ3) is 5.30. The van der Waals surface area contributed by atoms with Gasteiger partial charge in [-0.3, -0.25) is 14.6 Å². The molecule has 1 aromatic carbocycles. The lowest BCUT2D eigenvalue weighted by Crippen LogP contribution is -2.34. The normalized spacial score (nSPS) is 15.0. The number of benzene rings is 1. The zero-order chi connectivity index (χ0) is 19.2. The summed E-state index contributed by atoms with van der Waals surface area (Å²) in [6, 6.07) is 7.10. The van der Waals surface area contributed by atoms with Crippen molar-refractivity contribution in [3.8, 4) is 0 Å². The molecule has 0 saturated heterocycles. The zero-order valence-corrected chi connectivity index (χ0v) is 16.2. The second-order valence-corrected chi connectivity index (χ2v) is 7.45. The molecule has 1 saturated carbocycles. The number of nitrogens with zero attached hydrogens (tertiary/aromatic N) is 1. The number of amides is 2. The van der Waals surface area contributed by atoms with Crippen LogP contribution >= 0.6 is 11.6 Å². The summed E-state index contributed by atoms with van der Waals surface area (Å²) in [7, 11) is 0. The zero-order valence-electron chi connectivity index (χ0n) is 15.4. The van der Waals surface area contributed by atoms with Crippen molar-refractivity contribution in [2.24, 2.45) is 0 Å². The summed E-state index contributed by atoms with van der Waals surface area (Å²) in [6.45, 7) is 1.90. The van der Waals surface area contributed by atoms with E-state index in [-0.39, 0.29) is 17.9 Å². The molecule has 1 aromatic heterocycles. The Hall–Kier alpha value is -2.40. The van der Waals surface area contributed by atoms with E-state index >= 15 is 0 Å². The molecule has 2 aromatic rings. The Morgan fingerprint density at radius 3 is 2.33 bits per heavy atom. The average Bonchev–Trinajstić information content (AvgIpc) is 2.93. The number of pyridine rings is 1. The number of nitrogens with one attached hydrogen (secondary N) is 2. The average molecular weight is 386 g/mol. The van der Waals surface area contributed by atoms with E-state index in [0.717, 1.165) is 31.2 Å². The minimum atomic E-state index is -0.327. The van der Waals surface area contributed by atoms with E-state index in [1.807, 2.05) is 13.0 Å². The van der Waals surface area contributed by atoms with E-state index < -0.39 is 0 Å². The topological polar surface area (TPSA) is 71.1 Å². The van der Waals surface area contributed by atoms with Crippen molar-refractivity contribution in [3.05, 3.63) is 58.4 Å². The maximum Gasteiger partial charge on any atom is 0.257 e. The van der Waals surface area contributed by atoms with Crippen LogP contribution < -0.4 is 10.6 Å². The van der Waals surface area contributed by atoms with Crippen LogP contribution in [0.5, 0.6) is 0 Å². The van der Waals surface area contributed by atoms with E-state index in [1.165, 1.54) is 25.2 Å². The number of carbonyl (C=O) groups excluding carboxylic acids is 2. The number of anilines is 1. The number of aryl methyl sites for hydroxylation is 1. The van der Waals surface area contributed by atoms with Gasteiger partial charge < -0.3 is 10.6 Å². The van der Waals surface area contributed by atoms with E-state index in [2.05, 4.69) is 15.6 Å². The second-order valence-electron chi connectivity index (χ2n) is 7.04. The van der Waals surface area contributed by atoms with Gasteiger partial charge in [0.2, 0.25) is 0 Å². The summed E-state index contributed by atoms with van der Waals surface area (Å²) in [4.78, 5) is 29.1. The summed E-state index contributed by atoms with van der Waals surface area (Å²) < 4.78 is 0. The van der Waals surface area contributed by atoms with Gasteiger partial charge in [0.05, 0.1) is 11.1 Å². The molecule has 0 atom stereocenters. The van der Waals surface area contributed by atoms with Gasteiger partial charge in [0.15, 0.2) is 0 Å². The molecule has 0 bridgehead atoms. The van der Waals surface area contributed by atoms with Gasteiger partial charge in [-0.1, -0.05) is 43.4 Å². The van der Waals surface area contributed by atoms with Crippen molar-refractivity contribution in [1.29, 1.82) is 0 Å². The Bertz CT molecular complexity index is 830. The Morgan fingerprint density at radius 2 is 1.67 bits per heavy atom. The summed E-state index contributed by atoms with van der Waals surface area (Å²) in [5.41, 5.74) is 2.27. The monoisotopic (exact) mass is 385 g/mol. The molecule has 3 rings (SSSR count). The highest BCUT2D eigenvalue weighted by Gasteiger charge is 2.17. The molecule has 0 spiro atoms. The highest BCUT2D eigenvalue weighted by Crippen LogP contribution is 2.21. The first-order valence-corrected chi connectivity index (χ1v) is 9.74. The fourth-order valence-corrected chi connectivity index (χ4v) is 3.44. The van der Waals surface area contributed by atoms with Crippen LogP contribution in [-0.2, 0) is 0 Å². The molecule has 0 unspecified atom stereocenters. The van der Waals surface area contributed by atoms with Gasteiger partial charge >= 0.3 is 0 Å². The van der Waals surface area contributed by atoms with Gasteiger partial charge in [-0.25, -0.2) is 0 Å². The van der Waals surface area contributed by atoms with Crippen molar-refractivity contribution in [2.45, 2.75) is 51.5 Å². The van der Waals surface area contributed by atoms with Crippen LogP contribution in [0.3, 0.4) is 0 Å². The van der Waals surface area contributed by atoms with Crippen molar-refractivity contribution >= 4 is 29.1 Å². The van der Waals surface area contributed by atoms with Gasteiger partial charge in [0.25, 0.3) is 11.8 Å². The van der Waals surface area contributed by atoms with Crippen LogP contribution in [0, 0.1) is 6.92 Å². The first kappa shape index (κ1) is 19.4. The summed E-state index contributed by atoms with van der Waals surface area (Å²) in [5.74, 6) is -0.506. The smallest absolute Gasteiger partial charge is 0.257 e. The number of hydrogen-bond acceptors (Lipinski definition) is 3. The van der Waals surface area contributed by atoms with Crippen molar-refractivity contribution < 1.29 is 9.59 Å². The first-order valence-electron chi connectivity index (χ1n) is 9.36. The Labute approximate surface area is 164 Å². The van der Waals surface area contributed by atoms with E-state index in [4.69, 9.17) is 11.6 Å². The molecule has 1 fully saturated rings. The van der Waals surface area contributed by atoms with Crippen LogP contribution in [0.2, 0.25) is 5.02 Å². The molecule has 1 heterocycles. The molecule has 142 valence electrons. The number of rotatable bonds is 4. The van der Waals surface area contributed by atoms with Crippen LogP contribution in [-0.4, -0.2) is 22.8 Å². The van der Waals surface area contributed by atoms with Crippen molar-refractivity contribution in [3.63, 3.8) is 0 Å². The predicted octanol–water partition coefficient (Wildman–Crippen LogP) is 4.75. The highest BCUT2D eigenvalue weighted by molar-refractivity contribution is 6.31. The first-order chi connectivity index (χ1) is 13.0. The summed E-state index contributed by atoms with van der Waals surface area (Å²) in [5, 5.41) is 6.45. The van der Waals surface area contributed by atoms with Gasteiger partial charge in [0.1, 0.15) is 0 Å². The van der Waals surface area contributed by atoms with Crippen molar-refractivity contribution in [1.82, 2.24) is 10.3 Å². The molecule has 5 nitrogen and oxygen atoms in total. The standard InChI is InChI=1S/C21H24ClN3O2/c1-14-8-9-18(11-19(14)22)25-21(27)16-10-15(12-23-13-16)20(26)24-17-6-4-2-3-5-7-17/h8-13,17H,2-7H2,1H3,(H,24,26)(H,25,27). The number of hydrogen-bond donors (Lipinski definition) is 2. The number of aromatic nitrogens is 1. The quantitative estimate of drug-likeness (QED) is 0.746. The molecular weight excluding hydrogens is 362 g/mol. The Balaban J connectivity index is 1.67. The Morgan fingerprint density at radius 1 is 1.00 bits per heavy atom. The van der Waals surface area contributed by atoms with Gasteiger partial charge in [0, 0.05) is 29.1 Å². The largest absolute Gasteiger partial charge is 0.349 e. The molecule has 1 aliphatic rings. The minimum absolute atomic E-state index is 0.178. The third-order valence-corrected chi connectivity index (χ3v) is 5.29. The van der Waals surface area contributed by atoms with Crippen LogP contribution in [0.4, 0.5) is 5.69 Å². The van der Waals surface area contributed by atoms with Crippen LogP contribution in [0.15, 0.2) is 36.7 Å². The lowest BCUT2D eigenvalue weighted by Gasteiger charge is -2.16. The maximum atomic E-state index is 12.5. The summed E-state index contributed by atoms with van der Waals surface area (Å²) >= 11 is 6.10. The van der Waals surface area contributed by atoms with E-state index in [0.29, 0.717) is 21.8 Å². The molecule has 27 heavy (non-hydrogen) atoms. The molecule has 0 radical (unpaired) electrons. The van der Waals surface area contributed by atoms with E-state index in [1.54, 1.807) is 18.2 Å². The highest BCUT2D eigenvalue weighted by atomic mass is 35.5. The molecule has 2 N–H and O–H groups in total. The van der Waals surface area contributed by atoms with Crippen LogP contribution in [0.1, 0.15) is 64.8 Å². The molecular formula is C21H24ClN3O2. The molecule has 0 aliphatic heterocycles. The lowest BCUT2D eigenvalue weighted by molar-refractivity contribution is 0.0933. The third-order valence-electron chi connectivity index (χ3n) is 4.88. The van der Waals surface area contributed by atoms with Crippen molar-refractivity contribution in [2.75, 3.05) is 5.32 Å². The summed E-state index contributed by atoms with van der Waals surface area (Å²) in [6.07, 6.45) is 9.70.